The summed E-state index contributed by atoms with van der Waals surface area (Å²) in [7, 11) is 2.15. The first-order valence-electron chi connectivity index (χ1n) is 9.18. The number of hydrogen-bond donors (Lipinski definition) is 1. The van der Waals surface area contributed by atoms with Gasteiger partial charge in [-0.25, -0.2) is 9.37 Å². The molecule has 136 valence electrons. The minimum atomic E-state index is -0.252. The lowest BCUT2D eigenvalue weighted by Crippen LogP contribution is -2.29. The monoisotopic (exact) mass is 360 g/mol. The molecule has 1 fully saturated rings. The Kier molecular flexibility index (Phi) is 4.74. The van der Waals surface area contributed by atoms with Crippen LogP contribution in [0.4, 0.5) is 4.39 Å². The van der Waals surface area contributed by atoms with Gasteiger partial charge in [0.25, 0.3) is 0 Å². The molecule has 1 aromatic carbocycles. The van der Waals surface area contributed by atoms with E-state index in [0.29, 0.717) is 11.6 Å². The van der Waals surface area contributed by atoms with Crippen LogP contribution in [0.15, 0.2) is 48.7 Å². The lowest BCUT2D eigenvalue weighted by molar-refractivity contribution is 0.253. The molecular formula is C22H21FN4. The van der Waals surface area contributed by atoms with Gasteiger partial charge in [-0.2, -0.15) is 5.26 Å². The van der Waals surface area contributed by atoms with Gasteiger partial charge >= 0.3 is 0 Å². The van der Waals surface area contributed by atoms with Crippen LogP contribution < -0.4 is 0 Å². The highest BCUT2D eigenvalue weighted by Crippen LogP contribution is 2.37. The number of nitrogens with one attached hydrogen (secondary N) is 1. The Labute approximate surface area is 158 Å². The number of aromatic nitrogens is 2. The van der Waals surface area contributed by atoms with Gasteiger partial charge in [-0.3, -0.25) is 0 Å². The van der Waals surface area contributed by atoms with Crippen LogP contribution in [0.3, 0.4) is 0 Å². The molecule has 3 heterocycles. The number of rotatable bonds is 3. The standard InChI is InChI=1S/C22H21FN4/c1-27-10-7-15(8-11-27)21-13-20(17-6-9-25-19(12-17)14-24)22(26-21)16-2-4-18(23)5-3-16/h2-6,9,12-13,15,26H,7-8,10-11H2,1H3. The first-order chi connectivity index (χ1) is 13.1. The van der Waals surface area contributed by atoms with E-state index < -0.39 is 0 Å². The number of nitrogens with zero attached hydrogens (tertiary/aromatic N) is 3. The molecule has 5 heteroatoms. The van der Waals surface area contributed by atoms with Crippen LogP contribution in [0.1, 0.15) is 30.1 Å². The summed E-state index contributed by atoms with van der Waals surface area (Å²) < 4.78 is 13.4. The van der Waals surface area contributed by atoms with Crippen molar-refractivity contribution in [2.24, 2.45) is 0 Å². The fourth-order valence-electron chi connectivity index (χ4n) is 3.75. The average Bonchev–Trinajstić information content (AvgIpc) is 3.14. The maximum absolute atomic E-state index is 13.4. The SMILES string of the molecule is CN1CCC(c2cc(-c3ccnc(C#N)c3)c(-c3ccc(F)cc3)[nH]2)CC1. The van der Waals surface area contributed by atoms with Crippen LogP contribution in [0.25, 0.3) is 22.4 Å². The van der Waals surface area contributed by atoms with Crippen LogP contribution in [-0.2, 0) is 0 Å². The quantitative estimate of drug-likeness (QED) is 0.745. The molecule has 0 unspecified atom stereocenters. The first kappa shape index (κ1) is 17.4. The molecular weight excluding hydrogens is 339 g/mol. The summed E-state index contributed by atoms with van der Waals surface area (Å²) in [5.74, 6) is 0.226. The molecule has 0 amide bonds. The normalized spacial score (nSPS) is 15.6. The lowest BCUT2D eigenvalue weighted by Gasteiger charge is -2.28. The summed E-state index contributed by atoms with van der Waals surface area (Å²) in [4.78, 5) is 10.0. The van der Waals surface area contributed by atoms with Crippen molar-refractivity contribution in [2.75, 3.05) is 20.1 Å². The Morgan fingerprint density at radius 1 is 1.11 bits per heavy atom. The second kappa shape index (κ2) is 7.34. The number of likely N-dealkylation sites (tertiary alicyclic amines) is 1. The van der Waals surface area contributed by atoms with Crippen molar-refractivity contribution in [1.29, 1.82) is 5.26 Å². The predicted molar refractivity (Wildman–Crippen MR) is 104 cm³/mol. The Morgan fingerprint density at radius 2 is 1.85 bits per heavy atom. The summed E-state index contributed by atoms with van der Waals surface area (Å²) >= 11 is 0. The summed E-state index contributed by atoms with van der Waals surface area (Å²) in [5.41, 5.74) is 5.44. The van der Waals surface area contributed by atoms with Crippen LogP contribution in [0.2, 0.25) is 0 Å². The number of H-pyrrole nitrogens is 1. The molecule has 1 aliphatic heterocycles. The first-order valence-corrected chi connectivity index (χ1v) is 9.18. The van der Waals surface area contributed by atoms with Gasteiger partial charge in [0, 0.05) is 23.4 Å². The average molecular weight is 360 g/mol. The van der Waals surface area contributed by atoms with E-state index >= 15 is 0 Å². The molecule has 1 aliphatic rings. The second-order valence-corrected chi connectivity index (χ2v) is 7.14. The molecule has 1 N–H and O–H groups in total. The van der Waals surface area contributed by atoms with Crippen molar-refractivity contribution >= 4 is 0 Å². The highest BCUT2D eigenvalue weighted by molar-refractivity contribution is 5.82. The zero-order valence-electron chi connectivity index (χ0n) is 15.2. The molecule has 4 nitrogen and oxygen atoms in total. The topological polar surface area (TPSA) is 55.7 Å². The Bertz CT molecular complexity index is 976. The molecule has 27 heavy (non-hydrogen) atoms. The highest BCUT2D eigenvalue weighted by atomic mass is 19.1. The van der Waals surface area contributed by atoms with Crippen LogP contribution in [0.5, 0.6) is 0 Å². The number of halogens is 1. The number of aromatic amines is 1. The minimum absolute atomic E-state index is 0.252. The maximum Gasteiger partial charge on any atom is 0.141 e. The smallest absolute Gasteiger partial charge is 0.141 e. The van der Waals surface area contributed by atoms with E-state index in [1.165, 1.54) is 17.8 Å². The van der Waals surface area contributed by atoms with Crippen molar-refractivity contribution in [1.82, 2.24) is 14.9 Å². The molecule has 2 aromatic heterocycles. The Balaban J connectivity index is 1.80. The van der Waals surface area contributed by atoms with Gasteiger partial charge in [0.15, 0.2) is 0 Å². The molecule has 0 bridgehead atoms. The van der Waals surface area contributed by atoms with Crippen molar-refractivity contribution in [3.05, 3.63) is 65.9 Å². The van der Waals surface area contributed by atoms with E-state index in [9.17, 15) is 9.65 Å². The number of nitriles is 1. The molecule has 3 aromatic rings. The minimum Gasteiger partial charge on any atom is -0.358 e. The van der Waals surface area contributed by atoms with Crippen LogP contribution in [0, 0.1) is 17.1 Å². The number of hydrogen-bond acceptors (Lipinski definition) is 3. The van der Waals surface area contributed by atoms with Crippen LogP contribution >= 0.6 is 0 Å². The number of piperidine rings is 1. The Morgan fingerprint density at radius 3 is 2.56 bits per heavy atom. The Hall–Kier alpha value is -2.97. The van der Waals surface area contributed by atoms with E-state index in [1.54, 1.807) is 24.4 Å². The van der Waals surface area contributed by atoms with Gasteiger partial charge in [-0.15, -0.1) is 0 Å². The molecule has 0 atom stereocenters. The van der Waals surface area contributed by atoms with Crippen molar-refractivity contribution < 1.29 is 4.39 Å². The largest absolute Gasteiger partial charge is 0.358 e. The molecule has 0 radical (unpaired) electrons. The van der Waals surface area contributed by atoms with Crippen molar-refractivity contribution in [2.45, 2.75) is 18.8 Å². The third kappa shape index (κ3) is 3.62. The molecule has 0 spiro atoms. The fourth-order valence-corrected chi connectivity index (χ4v) is 3.75. The molecule has 0 aliphatic carbocycles. The summed E-state index contributed by atoms with van der Waals surface area (Å²) in [5, 5.41) is 9.19. The maximum atomic E-state index is 13.4. The van der Waals surface area contributed by atoms with E-state index in [-0.39, 0.29) is 5.82 Å². The molecule has 4 rings (SSSR count). The number of pyridine rings is 1. The van der Waals surface area contributed by atoms with Gasteiger partial charge in [-0.05, 0) is 86.6 Å². The van der Waals surface area contributed by atoms with Crippen LogP contribution in [-0.4, -0.2) is 35.0 Å². The molecule has 1 saturated heterocycles. The highest BCUT2D eigenvalue weighted by Gasteiger charge is 2.22. The third-order valence-corrected chi connectivity index (χ3v) is 5.32. The summed E-state index contributed by atoms with van der Waals surface area (Å²) in [6.45, 7) is 2.16. The zero-order valence-corrected chi connectivity index (χ0v) is 15.2. The summed E-state index contributed by atoms with van der Waals surface area (Å²) in [6, 6.07) is 14.5. The van der Waals surface area contributed by atoms with Crippen molar-refractivity contribution in [3.63, 3.8) is 0 Å². The van der Waals surface area contributed by atoms with E-state index in [4.69, 9.17) is 0 Å². The van der Waals surface area contributed by atoms with Gasteiger partial charge in [-0.1, -0.05) is 0 Å². The van der Waals surface area contributed by atoms with Gasteiger partial charge in [0.2, 0.25) is 0 Å². The van der Waals surface area contributed by atoms with E-state index in [0.717, 1.165) is 48.3 Å². The zero-order chi connectivity index (χ0) is 18.8. The third-order valence-electron chi connectivity index (χ3n) is 5.32. The number of benzene rings is 1. The van der Waals surface area contributed by atoms with E-state index in [2.05, 4.69) is 34.1 Å². The lowest BCUT2D eigenvalue weighted by atomic mass is 9.93. The summed E-state index contributed by atoms with van der Waals surface area (Å²) in [6.07, 6.45) is 3.88. The van der Waals surface area contributed by atoms with Crippen molar-refractivity contribution in [3.8, 4) is 28.5 Å². The van der Waals surface area contributed by atoms with E-state index in [1.807, 2.05) is 6.07 Å². The predicted octanol–water partition coefficient (Wildman–Crippen LogP) is 4.56. The van der Waals surface area contributed by atoms with Gasteiger partial charge in [0.05, 0.1) is 5.69 Å². The fraction of sp³-hybridized carbons (Fsp3) is 0.273. The van der Waals surface area contributed by atoms with Gasteiger partial charge < -0.3 is 9.88 Å². The van der Waals surface area contributed by atoms with Gasteiger partial charge in [0.1, 0.15) is 17.6 Å². The second-order valence-electron chi connectivity index (χ2n) is 7.14. The molecule has 0 saturated carbocycles.